The SMILES string of the molecule is CC(C)(C)OC(=O)N1CCC2(CC1)CSC1=C(O2)c2cc(-c3cccnc3)ccc2C(=O)C1=O. The molecule has 8 heteroatoms. The minimum Gasteiger partial charge on any atom is -0.484 e. The number of carbonyl (C=O) groups is 3. The van der Waals surface area contributed by atoms with Gasteiger partial charge >= 0.3 is 6.09 Å². The van der Waals surface area contributed by atoms with Gasteiger partial charge in [0.05, 0.1) is 0 Å². The molecule has 1 spiro atoms. The number of thioether (sulfide) groups is 1. The number of allylic oxidation sites excluding steroid dienone is 1. The lowest BCUT2D eigenvalue weighted by Crippen LogP contribution is -2.51. The number of amides is 1. The van der Waals surface area contributed by atoms with E-state index < -0.39 is 22.8 Å². The van der Waals surface area contributed by atoms with Crippen LogP contribution in [-0.4, -0.2) is 57.6 Å². The van der Waals surface area contributed by atoms with Crippen LogP contribution >= 0.6 is 11.8 Å². The van der Waals surface area contributed by atoms with Gasteiger partial charge in [-0.15, -0.1) is 11.8 Å². The van der Waals surface area contributed by atoms with Gasteiger partial charge in [-0.25, -0.2) is 4.79 Å². The number of likely N-dealkylation sites (tertiary alicyclic amines) is 1. The molecule has 1 amide bonds. The molecule has 1 aromatic carbocycles. The van der Waals surface area contributed by atoms with Crippen LogP contribution < -0.4 is 0 Å². The van der Waals surface area contributed by atoms with Gasteiger partial charge in [-0.05, 0) is 44.5 Å². The van der Waals surface area contributed by atoms with Crippen LogP contribution in [0, 0.1) is 0 Å². The summed E-state index contributed by atoms with van der Waals surface area (Å²) in [6, 6.07) is 9.24. The molecule has 2 aliphatic heterocycles. The van der Waals surface area contributed by atoms with Gasteiger partial charge in [0.25, 0.3) is 0 Å². The van der Waals surface area contributed by atoms with Crippen molar-refractivity contribution in [1.82, 2.24) is 9.88 Å². The number of aromatic nitrogens is 1. The number of carbonyl (C=O) groups excluding carboxylic acids is 3. The molecule has 3 heterocycles. The summed E-state index contributed by atoms with van der Waals surface area (Å²) < 4.78 is 12.1. The number of piperidine rings is 1. The first-order valence-electron chi connectivity index (χ1n) is 11.3. The molecule has 1 aromatic heterocycles. The highest BCUT2D eigenvalue weighted by molar-refractivity contribution is 8.04. The van der Waals surface area contributed by atoms with Gasteiger partial charge in [-0.2, -0.15) is 0 Å². The zero-order chi connectivity index (χ0) is 24.1. The maximum Gasteiger partial charge on any atom is 0.410 e. The molecule has 0 saturated carbocycles. The topological polar surface area (TPSA) is 85.8 Å². The Morgan fingerprint density at radius 1 is 1.09 bits per heavy atom. The van der Waals surface area contributed by atoms with Crippen molar-refractivity contribution in [1.29, 1.82) is 0 Å². The number of rotatable bonds is 1. The number of ketones is 2. The Morgan fingerprint density at radius 2 is 1.85 bits per heavy atom. The first kappa shape index (κ1) is 22.7. The molecule has 0 bridgehead atoms. The van der Waals surface area contributed by atoms with E-state index in [4.69, 9.17) is 9.47 Å². The molecule has 2 aromatic rings. The van der Waals surface area contributed by atoms with E-state index in [1.165, 1.54) is 11.8 Å². The van der Waals surface area contributed by atoms with Gasteiger partial charge < -0.3 is 14.4 Å². The Hall–Kier alpha value is -3.13. The molecule has 0 radical (unpaired) electrons. The number of hydrogen-bond acceptors (Lipinski definition) is 7. The second-order valence-electron chi connectivity index (χ2n) is 9.86. The molecule has 0 unspecified atom stereocenters. The number of hydrogen-bond donors (Lipinski definition) is 0. The summed E-state index contributed by atoms with van der Waals surface area (Å²) in [5.74, 6) is 0.0261. The van der Waals surface area contributed by atoms with Crippen molar-refractivity contribution in [2.45, 2.75) is 44.8 Å². The summed E-state index contributed by atoms with van der Waals surface area (Å²) in [7, 11) is 0. The predicted molar refractivity (Wildman–Crippen MR) is 129 cm³/mol. The van der Waals surface area contributed by atoms with E-state index in [0.717, 1.165) is 11.1 Å². The van der Waals surface area contributed by atoms with Crippen LogP contribution in [0.4, 0.5) is 4.79 Å². The van der Waals surface area contributed by atoms with E-state index in [9.17, 15) is 14.4 Å². The molecule has 176 valence electrons. The van der Waals surface area contributed by atoms with Gasteiger partial charge in [0.15, 0.2) is 0 Å². The first-order valence-corrected chi connectivity index (χ1v) is 12.3. The fourth-order valence-corrected chi connectivity index (χ4v) is 5.71. The molecule has 0 atom stereocenters. The average molecular weight is 479 g/mol. The zero-order valence-corrected chi connectivity index (χ0v) is 20.2. The van der Waals surface area contributed by atoms with E-state index in [1.54, 1.807) is 23.4 Å². The number of nitrogens with zero attached hydrogens (tertiary/aromatic N) is 2. The molecule has 1 aliphatic carbocycles. The Labute approximate surface area is 202 Å². The third kappa shape index (κ3) is 4.11. The van der Waals surface area contributed by atoms with Crippen LogP contribution in [0.5, 0.6) is 0 Å². The first-order chi connectivity index (χ1) is 16.2. The van der Waals surface area contributed by atoms with E-state index in [0.29, 0.717) is 53.5 Å². The molecule has 5 rings (SSSR count). The smallest absolute Gasteiger partial charge is 0.410 e. The van der Waals surface area contributed by atoms with Crippen LogP contribution in [-0.2, 0) is 14.3 Å². The third-order valence-electron chi connectivity index (χ3n) is 6.25. The maximum atomic E-state index is 12.8. The van der Waals surface area contributed by atoms with Crippen molar-refractivity contribution in [2.75, 3.05) is 18.8 Å². The second kappa shape index (κ2) is 8.27. The molecule has 7 nitrogen and oxygen atoms in total. The predicted octanol–water partition coefficient (Wildman–Crippen LogP) is 4.72. The Bertz CT molecular complexity index is 1210. The van der Waals surface area contributed by atoms with Gasteiger partial charge in [-0.1, -0.05) is 12.1 Å². The van der Waals surface area contributed by atoms with E-state index >= 15 is 0 Å². The highest BCUT2D eigenvalue weighted by atomic mass is 32.2. The van der Waals surface area contributed by atoms with Crippen molar-refractivity contribution in [3.05, 3.63) is 58.8 Å². The standard InChI is InChI=1S/C26H26N2O5S/c1-25(2,3)33-24(31)28-11-8-26(9-12-28)15-34-23-21(30)20(29)18-7-6-16(13-19(18)22(23)32-26)17-5-4-10-27-14-17/h4-7,10,13-14H,8-9,11-12,15H2,1-3H3. The normalized spacial score (nSPS) is 19.4. The Morgan fingerprint density at radius 3 is 2.53 bits per heavy atom. The van der Waals surface area contributed by atoms with Crippen molar-refractivity contribution < 1.29 is 23.9 Å². The largest absolute Gasteiger partial charge is 0.484 e. The van der Waals surface area contributed by atoms with E-state index in [-0.39, 0.29) is 6.09 Å². The summed E-state index contributed by atoms with van der Waals surface area (Å²) in [6.45, 7) is 6.57. The highest BCUT2D eigenvalue weighted by Crippen LogP contribution is 2.48. The monoisotopic (exact) mass is 478 g/mol. The van der Waals surface area contributed by atoms with Crippen LogP contribution in [0.15, 0.2) is 47.6 Å². The van der Waals surface area contributed by atoms with Crippen molar-refractivity contribution in [3.8, 4) is 11.1 Å². The lowest BCUT2D eigenvalue weighted by Gasteiger charge is -2.45. The molecule has 34 heavy (non-hydrogen) atoms. The van der Waals surface area contributed by atoms with Gasteiger partial charge in [0.2, 0.25) is 11.6 Å². The minimum atomic E-state index is -0.548. The van der Waals surface area contributed by atoms with Crippen molar-refractivity contribution >= 4 is 35.2 Å². The fraction of sp³-hybridized carbons (Fsp3) is 0.385. The van der Waals surface area contributed by atoms with Crippen LogP contribution in [0.1, 0.15) is 49.5 Å². The molecule has 1 fully saturated rings. The minimum absolute atomic E-state index is 0.324. The summed E-state index contributed by atoms with van der Waals surface area (Å²) in [6.07, 6.45) is 4.39. The number of Topliss-reactive ketones (excluding diaryl/α,β-unsaturated/α-hetero) is 2. The lowest BCUT2D eigenvalue weighted by atomic mass is 9.88. The Balaban J connectivity index is 1.43. The van der Waals surface area contributed by atoms with Gasteiger partial charge in [0.1, 0.15) is 21.9 Å². The van der Waals surface area contributed by atoms with E-state index in [2.05, 4.69) is 4.98 Å². The molecule has 3 aliphatic rings. The molecular formula is C26H26N2O5S. The molecular weight excluding hydrogens is 452 g/mol. The van der Waals surface area contributed by atoms with E-state index in [1.807, 2.05) is 45.0 Å². The van der Waals surface area contributed by atoms with Crippen molar-refractivity contribution in [3.63, 3.8) is 0 Å². The van der Waals surface area contributed by atoms with Crippen molar-refractivity contribution in [2.24, 2.45) is 0 Å². The zero-order valence-electron chi connectivity index (χ0n) is 19.4. The summed E-state index contributed by atoms with van der Waals surface area (Å²) in [5.41, 5.74) is 1.76. The van der Waals surface area contributed by atoms with Crippen LogP contribution in [0.3, 0.4) is 0 Å². The second-order valence-corrected chi connectivity index (χ2v) is 10.8. The quantitative estimate of drug-likeness (QED) is 0.549. The molecule has 1 saturated heterocycles. The Kier molecular flexibility index (Phi) is 5.51. The summed E-state index contributed by atoms with van der Waals surface area (Å²) >= 11 is 1.39. The number of pyridine rings is 1. The third-order valence-corrected chi connectivity index (χ3v) is 7.58. The number of ether oxygens (including phenoxy) is 2. The van der Waals surface area contributed by atoms with Crippen LogP contribution in [0.25, 0.3) is 16.9 Å². The number of fused-ring (bicyclic) bond motifs is 2. The van der Waals surface area contributed by atoms with Gasteiger partial charge in [0, 0.05) is 60.8 Å². The lowest BCUT2D eigenvalue weighted by molar-refractivity contribution is -0.111. The fourth-order valence-electron chi connectivity index (χ4n) is 4.45. The number of benzene rings is 1. The summed E-state index contributed by atoms with van der Waals surface area (Å²) in [4.78, 5) is 44.4. The summed E-state index contributed by atoms with van der Waals surface area (Å²) in [5, 5.41) is 0. The maximum absolute atomic E-state index is 12.8. The van der Waals surface area contributed by atoms with Gasteiger partial charge in [-0.3, -0.25) is 14.6 Å². The van der Waals surface area contributed by atoms with Crippen LogP contribution in [0.2, 0.25) is 0 Å². The highest BCUT2D eigenvalue weighted by Gasteiger charge is 2.46. The molecule has 0 N–H and O–H groups in total. The average Bonchev–Trinajstić information content (AvgIpc) is 2.82.